The fourth-order valence-electron chi connectivity index (χ4n) is 1.08. The number of ether oxygens (including phenoxy) is 1. The van der Waals surface area contributed by atoms with Gasteiger partial charge in [-0.15, -0.1) is 0 Å². The summed E-state index contributed by atoms with van der Waals surface area (Å²) in [6, 6.07) is 2.98. The van der Waals surface area contributed by atoms with Crippen LogP contribution in [0.3, 0.4) is 0 Å². The highest BCUT2D eigenvalue weighted by Crippen LogP contribution is 2.29. The van der Waals surface area contributed by atoms with E-state index >= 15 is 0 Å². The van der Waals surface area contributed by atoms with Gasteiger partial charge in [-0.1, -0.05) is 0 Å². The molecule has 1 amide bonds. The first-order chi connectivity index (χ1) is 6.91. The number of carbonyl (C=O) groups is 1. The van der Waals surface area contributed by atoms with Crippen molar-refractivity contribution >= 4 is 11.6 Å². The molecule has 0 spiro atoms. The van der Waals surface area contributed by atoms with Gasteiger partial charge in [-0.2, -0.15) is 0 Å². The molecule has 15 heavy (non-hydrogen) atoms. The molecule has 0 aliphatic carbocycles. The van der Waals surface area contributed by atoms with Crippen LogP contribution in [-0.4, -0.2) is 17.1 Å². The average Bonchev–Trinajstić information content (AvgIpc) is 2.13. The van der Waals surface area contributed by atoms with Gasteiger partial charge in [-0.05, 0) is 25.5 Å². The Morgan fingerprint density at radius 1 is 1.53 bits per heavy atom. The summed E-state index contributed by atoms with van der Waals surface area (Å²) in [5, 5.41) is 9.41. The van der Waals surface area contributed by atoms with E-state index in [0.717, 1.165) is 0 Å². The van der Waals surface area contributed by atoms with Gasteiger partial charge >= 0.3 is 0 Å². The highest BCUT2D eigenvalue weighted by atomic mass is 16.5. The number of aryl methyl sites for hydroxylation is 1. The number of aromatic hydroxyl groups is 1. The number of nitrogens with two attached hydrogens (primary N) is 2. The van der Waals surface area contributed by atoms with Gasteiger partial charge in [-0.25, -0.2) is 0 Å². The summed E-state index contributed by atoms with van der Waals surface area (Å²) in [6.07, 6.45) is -0.743. The molecule has 5 nitrogen and oxygen atoms in total. The third-order valence-electron chi connectivity index (χ3n) is 2.05. The van der Waals surface area contributed by atoms with Crippen LogP contribution >= 0.6 is 0 Å². The van der Waals surface area contributed by atoms with E-state index in [9.17, 15) is 9.90 Å². The molecular formula is C10H14N2O3. The largest absolute Gasteiger partial charge is 0.506 e. The van der Waals surface area contributed by atoms with Crippen molar-refractivity contribution in [1.82, 2.24) is 0 Å². The van der Waals surface area contributed by atoms with Gasteiger partial charge in [0, 0.05) is 6.07 Å². The number of phenolic OH excluding ortho intramolecular Hbond substituents is 1. The molecule has 1 aromatic rings. The first-order valence-electron chi connectivity index (χ1n) is 4.47. The standard InChI is InChI=1S/C10H14N2O3/c1-5-3-7(4-8(13)9(5)11)15-6(2)10(12)14/h3-4,6,13H,11H2,1-2H3,(H2,12,14)/t6-/m1/s1. The number of carbonyl (C=O) groups excluding carboxylic acids is 1. The molecule has 0 bridgehead atoms. The van der Waals surface area contributed by atoms with Crippen LogP contribution in [0.2, 0.25) is 0 Å². The maximum absolute atomic E-state index is 10.8. The maximum atomic E-state index is 10.8. The molecule has 0 aromatic heterocycles. The first kappa shape index (κ1) is 11.2. The molecule has 0 unspecified atom stereocenters. The maximum Gasteiger partial charge on any atom is 0.258 e. The zero-order valence-electron chi connectivity index (χ0n) is 8.65. The van der Waals surface area contributed by atoms with Crippen LogP contribution in [0.15, 0.2) is 12.1 Å². The lowest BCUT2D eigenvalue weighted by Gasteiger charge is -2.13. The summed E-state index contributed by atoms with van der Waals surface area (Å²) >= 11 is 0. The zero-order chi connectivity index (χ0) is 11.6. The van der Waals surface area contributed by atoms with Gasteiger partial charge in [0.15, 0.2) is 6.10 Å². The summed E-state index contributed by atoms with van der Waals surface area (Å²) in [7, 11) is 0. The Morgan fingerprint density at radius 2 is 2.13 bits per heavy atom. The molecule has 1 atom stereocenters. The minimum atomic E-state index is -0.743. The molecular weight excluding hydrogens is 196 g/mol. The van der Waals surface area contributed by atoms with Crippen molar-refractivity contribution in [3.8, 4) is 11.5 Å². The second kappa shape index (κ2) is 4.08. The van der Waals surface area contributed by atoms with Crippen LogP contribution in [0.4, 0.5) is 5.69 Å². The zero-order valence-corrected chi connectivity index (χ0v) is 8.65. The Kier molecular flexibility index (Phi) is 3.04. The number of benzene rings is 1. The van der Waals surface area contributed by atoms with E-state index < -0.39 is 12.0 Å². The predicted octanol–water partition coefficient (Wildman–Crippen LogP) is 0.535. The smallest absolute Gasteiger partial charge is 0.258 e. The molecule has 1 rings (SSSR count). The van der Waals surface area contributed by atoms with Gasteiger partial charge in [0.25, 0.3) is 5.91 Å². The van der Waals surface area contributed by atoms with E-state index in [0.29, 0.717) is 17.0 Å². The van der Waals surface area contributed by atoms with Crippen LogP contribution in [0.5, 0.6) is 11.5 Å². The van der Waals surface area contributed by atoms with Gasteiger partial charge in [-0.3, -0.25) is 4.79 Å². The normalized spacial score (nSPS) is 12.1. The molecule has 5 N–H and O–H groups in total. The van der Waals surface area contributed by atoms with E-state index in [1.807, 2.05) is 0 Å². The molecule has 0 aliphatic heterocycles. The molecule has 5 heteroatoms. The summed E-state index contributed by atoms with van der Waals surface area (Å²) in [4.78, 5) is 10.8. The summed E-state index contributed by atoms with van der Waals surface area (Å²) in [5.74, 6) is -0.267. The average molecular weight is 210 g/mol. The number of rotatable bonds is 3. The molecule has 0 fully saturated rings. The fourth-order valence-corrected chi connectivity index (χ4v) is 1.08. The lowest BCUT2D eigenvalue weighted by atomic mass is 10.2. The van der Waals surface area contributed by atoms with Gasteiger partial charge in [0.1, 0.15) is 11.5 Å². The number of phenols is 1. The van der Waals surface area contributed by atoms with Crippen molar-refractivity contribution < 1.29 is 14.6 Å². The van der Waals surface area contributed by atoms with E-state index in [1.54, 1.807) is 13.0 Å². The van der Waals surface area contributed by atoms with Crippen molar-refractivity contribution in [2.24, 2.45) is 5.73 Å². The molecule has 0 saturated carbocycles. The lowest BCUT2D eigenvalue weighted by molar-refractivity contribution is -0.123. The lowest BCUT2D eigenvalue weighted by Crippen LogP contribution is -2.30. The van der Waals surface area contributed by atoms with E-state index in [2.05, 4.69) is 0 Å². The predicted molar refractivity (Wildman–Crippen MR) is 56.5 cm³/mol. The van der Waals surface area contributed by atoms with Gasteiger partial charge in [0.05, 0.1) is 5.69 Å². The molecule has 82 valence electrons. The molecule has 0 saturated heterocycles. The number of primary amides is 1. The highest BCUT2D eigenvalue weighted by molar-refractivity contribution is 5.78. The summed E-state index contributed by atoms with van der Waals surface area (Å²) in [6.45, 7) is 3.27. The SMILES string of the molecule is Cc1cc(O[C@H](C)C(N)=O)cc(O)c1N. The highest BCUT2D eigenvalue weighted by Gasteiger charge is 2.12. The topological polar surface area (TPSA) is 98.6 Å². The van der Waals surface area contributed by atoms with Crippen molar-refractivity contribution in [3.63, 3.8) is 0 Å². The molecule has 0 aliphatic rings. The fraction of sp³-hybridized carbons (Fsp3) is 0.300. The van der Waals surface area contributed by atoms with Crippen LogP contribution in [-0.2, 0) is 4.79 Å². The second-order valence-electron chi connectivity index (χ2n) is 3.34. The first-order valence-corrected chi connectivity index (χ1v) is 4.47. The van der Waals surface area contributed by atoms with E-state index in [4.69, 9.17) is 16.2 Å². The second-order valence-corrected chi connectivity index (χ2v) is 3.34. The van der Waals surface area contributed by atoms with E-state index in [1.165, 1.54) is 13.0 Å². The molecule has 0 radical (unpaired) electrons. The van der Waals surface area contributed by atoms with Crippen LogP contribution in [0.1, 0.15) is 12.5 Å². The van der Waals surface area contributed by atoms with Crippen molar-refractivity contribution in [2.75, 3.05) is 5.73 Å². The Bertz CT molecular complexity index is 367. The van der Waals surface area contributed by atoms with Crippen LogP contribution in [0.25, 0.3) is 0 Å². The van der Waals surface area contributed by atoms with Gasteiger partial charge < -0.3 is 21.3 Å². The Balaban J connectivity index is 2.92. The molecule has 1 aromatic carbocycles. The number of hydrogen-bond acceptors (Lipinski definition) is 4. The Morgan fingerprint density at radius 3 is 2.60 bits per heavy atom. The minimum Gasteiger partial charge on any atom is -0.506 e. The Hall–Kier alpha value is -1.91. The number of hydrogen-bond donors (Lipinski definition) is 3. The van der Waals surface area contributed by atoms with Crippen LogP contribution < -0.4 is 16.2 Å². The third-order valence-corrected chi connectivity index (χ3v) is 2.05. The molecule has 0 heterocycles. The summed E-state index contributed by atoms with van der Waals surface area (Å²) in [5.41, 5.74) is 11.6. The number of nitrogen functional groups attached to an aromatic ring is 1. The van der Waals surface area contributed by atoms with Crippen molar-refractivity contribution in [2.45, 2.75) is 20.0 Å². The number of amides is 1. The monoisotopic (exact) mass is 210 g/mol. The van der Waals surface area contributed by atoms with Crippen molar-refractivity contribution in [3.05, 3.63) is 17.7 Å². The van der Waals surface area contributed by atoms with Crippen molar-refractivity contribution in [1.29, 1.82) is 0 Å². The summed E-state index contributed by atoms with van der Waals surface area (Å²) < 4.78 is 5.20. The third kappa shape index (κ3) is 2.52. The number of anilines is 1. The van der Waals surface area contributed by atoms with Gasteiger partial charge in [0.2, 0.25) is 0 Å². The quantitative estimate of drug-likeness (QED) is 0.500. The van der Waals surface area contributed by atoms with E-state index in [-0.39, 0.29) is 5.75 Å². The minimum absolute atomic E-state index is 0.0679. The van der Waals surface area contributed by atoms with Crippen LogP contribution in [0, 0.1) is 6.92 Å². The Labute approximate surface area is 87.6 Å².